The standard InChI is InChI=1S/C14H18N2S.ClH/c1-10-4-5-11(2)12(8-10)13-9-17-14(16-13)6-7-15-3;/h4-5,8-9,15H,6-7H2,1-3H3;1H. The molecule has 0 fully saturated rings. The van der Waals surface area contributed by atoms with E-state index in [9.17, 15) is 0 Å². The van der Waals surface area contributed by atoms with Crippen molar-refractivity contribution in [3.05, 3.63) is 39.7 Å². The molecule has 0 atom stereocenters. The molecule has 18 heavy (non-hydrogen) atoms. The largest absolute Gasteiger partial charge is 0.319 e. The number of nitrogens with one attached hydrogen (secondary N) is 1. The maximum Gasteiger partial charge on any atom is 0.0945 e. The van der Waals surface area contributed by atoms with Gasteiger partial charge in [-0.15, -0.1) is 23.7 Å². The van der Waals surface area contributed by atoms with E-state index >= 15 is 0 Å². The fourth-order valence-corrected chi connectivity index (χ4v) is 2.59. The Labute approximate surface area is 119 Å². The normalized spacial score (nSPS) is 10.2. The quantitative estimate of drug-likeness (QED) is 0.927. The third-order valence-electron chi connectivity index (χ3n) is 2.81. The lowest BCUT2D eigenvalue weighted by molar-refractivity contribution is 0.788. The van der Waals surface area contributed by atoms with E-state index < -0.39 is 0 Å². The van der Waals surface area contributed by atoms with E-state index in [1.165, 1.54) is 21.7 Å². The van der Waals surface area contributed by atoms with Gasteiger partial charge >= 0.3 is 0 Å². The molecule has 0 amide bonds. The van der Waals surface area contributed by atoms with E-state index in [0.29, 0.717) is 0 Å². The van der Waals surface area contributed by atoms with Gasteiger partial charge in [-0.25, -0.2) is 4.98 Å². The van der Waals surface area contributed by atoms with E-state index in [-0.39, 0.29) is 12.4 Å². The third kappa shape index (κ3) is 3.55. The van der Waals surface area contributed by atoms with Crippen molar-refractivity contribution in [3.63, 3.8) is 0 Å². The van der Waals surface area contributed by atoms with Gasteiger partial charge in [-0.05, 0) is 32.5 Å². The smallest absolute Gasteiger partial charge is 0.0945 e. The number of aryl methyl sites for hydroxylation is 2. The highest BCUT2D eigenvalue weighted by atomic mass is 35.5. The fraction of sp³-hybridized carbons (Fsp3) is 0.357. The Morgan fingerprint density at radius 1 is 1.28 bits per heavy atom. The Morgan fingerprint density at radius 3 is 2.78 bits per heavy atom. The lowest BCUT2D eigenvalue weighted by Crippen LogP contribution is -2.09. The summed E-state index contributed by atoms with van der Waals surface area (Å²) in [7, 11) is 1.97. The zero-order valence-corrected chi connectivity index (χ0v) is 12.6. The lowest BCUT2D eigenvalue weighted by atomic mass is 10.0. The second-order valence-electron chi connectivity index (χ2n) is 4.30. The summed E-state index contributed by atoms with van der Waals surface area (Å²) in [5.41, 5.74) is 4.95. The number of likely N-dealkylation sites (N-methyl/N-ethyl adjacent to an activating group) is 1. The number of hydrogen-bond acceptors (Lipinski definition) is 3. The van der Waals surface area contributed by atoms with Crippen LogP contribution in [-0.2, 0) is 6.42 Å². The van der Waals surface area contributed by atoms with Crippen molar-refractivity contribution in [3.8, 4) is 11.3 Å². The molecule has 2 nitrogen and oxygen atoms in total. The SMILES string of the molecule is CNCCc1nc(-c2cc(C)ccc2C)cs1.Cl. The number of benzene rings is 1. The maximum absolute atomic E-state index is 4.70. The molecule has 0 radical (unpaired) electrons. The highest BCUT2D eigenvalue weighted by Gasteiger charge is 2.07. The van der Waals surface area contributed by atoms with Crippen LogP contribution < -0.4 is 5.32 Å². The molecule has 4 heteroatoms. The van der Waals surface area contributed by atoms with Crippen molar-refractivity contribution in [1.82, 2.24) is 10.3 Å². The predicted octanol–water partition coefficient (Wildman–Crippen LogP) is 3.61. The van der Waals surface area contributed by atoms with Crippen molar-refractivity contribution in [2.24, 2.45) is 0 Å². The molecule has 1 N–H and O–H groups in total. The molecule has 1 aromatic carbocycles. The highest BCUT2D eigenvalue weighted by molar-refractivity contribution is 7.09. The van der Waals surface area contributed by atoms with Crippen LogP contribution in [0.25, 0.3) is 11.3 Å². The van der Waals surface area contributed by atoms with Crippen LogP contribution in [0, 0.1) is 13.8 Å². The van der Waals surface area contributed by atoms with Crippen LogP contribution >= 0.6 is 23.7 Å². The summed E-state index contributed by atoms with van der Waals surface area (Å²) >= 11 is 1.75. The van der Waals surface area contributed by atoms with Crippen molar-refractivity contribution >= 4 is 23.7 Å². The summed E-state index contributed by atoms with van der Waals surface area (Å²) in [6, 6.07) is 6.52. The fourth-order valence-electron chi connectivity index (χ4n) is 1.79. The first-order chi connectivity index (χ1) is 8.20. The minimum atomic E-state index is 0. The molecule has 1 aromatic heterocycles. The molecule has 0 spiro atoms. The average Bonchev–Trinajstić information content (AvgIpc) is 2.78. The number of rotatable bonds is 4. The van der Waals surface area contributed by atoms with Crippen molar-refractivity contribution in [2.45, 2.75) is 20.3 Å². The minimum Gasteiger partial charge on any atom is -0.319 e. The Hall–Kier alpha value is -0.900. The Kier molecular flexibility index (Phi) is 5.79. The van der Waals surface area contributed by atoms with Gasteiger partial charge in [-0.3, -0.25) is 0 Å². The molecular weight excluding hydrogens is 264 g/mol. The van der Waals surface area contributed by atoms with Crippen LogP contribution in [0.1, 0.15) is 16.1 Å². The second kappa shape index (κ2) is 6.88. The first-order valence-corrected chi connectivity index (χ1v) is 6.75. The van der Waals surface area contributed by atoms with Crippen LogP contribution in [-0.4, -0.2) is 18.6 Å². The van der Waals surface area contributed by atoms with Gasteiger partial charge < -0.3 is 5.32 Å². The average molecular weight is 283 g/mol. The molecule has 2 aromatic rings. The zero-order chi connectivity index (χ0) is 12.3. The van der Waals surface area contributed by atoms with Gasteiger partial charge in [0.1, 0.15) is 0 Å². The summed E-state index contributed by atoms with van der Waals surface area (Å²) in [5.74, 6) is 0. The Bertz CT molecular complexity index is 508. The molecule has 0 unspecified atom stereocenters. The van der Waals surface area contributed by atoms with Crippen molar-refractivity contribution in [2.75, 3.05) is 13.6 Å². The topological polar surface area (TPSA) is 24.9 Å². The number of thiazole rings is 1. The van der Waals surface area contributed by atoms with Crippen molar-refractivity contribution in [1.29, 1.82) is 0 Å². The Morgan fingerprint density at radius 2 is 2.06 bits per heavy atom. The molecule has 1 heterocycles. The van der Waals surface area contributed by atoms with Gasteiger partial charge in [0.15, 0.2) is 0 Å². The number of halogens is 1. The number of aromatic nitrogens is 1. The molecule has 0 aliphatic heterocycles. The van der Waals surface area contributed by atoms with Gasteiger partial charge in [0, 0.05) is 23.9 Å². The first kappa shape index (κ1) is 15.2. The van der Waals surface area contributed by atoms with Crippen LogP contribution in [0.4, 0.5) is 0 Å². The van der Waals surface area contributed by atoms with E-state index in [4.69, 9.17) is 4.98 Å². The third-order valence-corrected chi connectivity index (χ3v) is 3.72. The Balaban J connectivity index is 0.00000162. The molecule has 0 bridgehead atoms. The van der Waals surface area contributed by atoms with Gasteiger partial charge in [0.05, 0.1) is 10.7 Å². The van der Waals surface area contributed by atoms with E-state index in [1.54, 1.807) is 11.3 Å². The first-order valence-electron chi connectivity index (χ1n) is 5.87. The summed E-state index contributed by atoms with van der Waals surface area (Å²) < 4.78 is 0. The molecule has 0 aliphatic rings. The lowest BCUT2D eigenvalue weighted by Gasteiger charge is -2.03. The molecule has 0 aliphatic carbocycles. The minimum absolute atomic E-state index is 0. The highest BCUT2D eigenvalue weighted by Crippen LogP contribution is 2.26. The van der Waals surface area contributed by atoms with Gasteiger partial charge in [-0.1, -0.05) is 17.7 Å². The molecular formula is C14H19ClN2S. The number of hydrogen-bond donors (Lipinski definition) is 1. The molecule has 0 saturated carbocycles. The van der Waals surface area contributed by atoms with Gasteiger partial charge in [0.25, 0.3) is 0 Å². The summed E-state index contributed by atoms with van der Waals surface area (Å²) in [5, 5.41) is 6.52. The van der Waals surface area contributed by atoms with E-state index in [0.717, 1.165) is 18.7 Å². The number of nitrogens with zero attached hydrogens (tertiary/aromatic N) is 1. The monoisotopic (exact) mass is 282 g/mol. The predicted molar refractivity (Wildman–Crippen MR) is 81.9 cm³/mol. The maximum atomic E-state index is 4.70. The molecule has 2 rings (SSSR count). The summed E-state index contributed by atoms with van der Waals surface area (Å²) in [4.78, 5) is 4.70. The molecule has 98 valence electrons. The van der Waals surface area contributed by atoms with E-state index in [1.807, 2.05) is 7.05 Å². The van der Waals surface area contributed by atoms with Crippen molar-refractivity contribution < 1.29 is 0 Å². The second-order valence-corrected chi connectivity index (χ2v) is 5.24. The summed E-state index contributed by atoms with van der Waals surface area (Å²) in [6.07, 6.45) is 1.01. The zero-order valence-electron chi connectivity index (χ0n) is 11.0. The molecule has 0 saturated heterocycles. The van der Waals surface area contributed by atoms with Gasteiger partial charge in [-0.2, -0.15) is 0 Å². The van der Waals surface area contributed by atoms with E-state index in [2.05, 4.69) is 42.7 Å². The van der Waals surface area contributed by atoms with Crippen LogP contribution in [0.3, 0.4) is 0 Å². The summed E-state index contributed by atoms with van der Waals surface area (Å²) in [6.45, 7) is 5.25. The van der Waals surface area contributed by atoms with Crippen LogP contribution in [0.2, 0.25) is 0 Å². The van der Waals surface area contributed by atoms with Crippen LogP contribution in [0.15, 0.2) is 23.6 Å². The van der Waals surface area contributed by atoms with Crippen LogP contribution in [0.5, 0.6) is 0 Å². The van der Waals surface area contributed by atoms with Gasteiger partial charge in [0.2, 0.25) is 0 Å².